The molecule has 2 amide bonds. The third kappa shape index (κ3) is 4.81. The van der Waals surface area contributed by atoms with Gasteiger partial charge >= 0.3 is 0 Å². The Morgan fingerprint density at radius 1 is 1.32 bits per heavy atom. The zero-order valence-electron chi connectivity index (χ0n) is 12.8. The first-order valence-corrected chi connectivity index (χ1v) is 8.42. The number of halogens is 1. The third-order valence-electron chi connectivity index (χ3n) is 4.25. The molecule has 1 aliphatic rings. The number of hydrogen-bond acceptors (Lipinski definition) is 2. The third-order valence-corrected chi connectivity index (χ3v) is 4.78. The fourth-order valence-corrected chi connectivity index (χ4v) is 3.11. The smallest absolute Gasteiger partial charge is 0.275 e. The zero-order valence-corrected chi connectivity index (χ0v) is 14.4. The summed E-state index contributed by atoms with van der Waals surface area (Å²) in [5, 5.41) is 3.03. The molecule has 0 aliphatic carbocycles. The minimum absolute atomic E-state index is 0.0110. The SMILES string of the molecule is C[C@@H](NC(=O)C[NH+]1CCC(C(N)=O)CC1)c1ccc(Br)cc1. The number of likely N-dealkylation sites (tertiary alicyclic amines) is 1. The molecule has 1 heterocycles. The highest BCUT2D eigenvalue weighted by Crippen LogP contribution is 2.16. The molecule has 1 saturated heterocycles. The molecule has 0 spiro atoms. The second kappa shape index (κ2) is 7.74. The largest absolute Gasteiger partial charge is 0.369 e. The van der Waals surface area contributed by atoms with Crippen LogP contribution in [-0.4, -0.2) is 31.4 Å². The van der Waals surface area contributed by atoms with Crippen LogP contribution in [0, 0.1) is 5.92 Å². The van der Waals surface area contributed by atoms with E-state index in [0.29, 0.717) is 6.54 Å². The number of nitrogens with one attached hydrogen (secondary N) is 2. The molecule has 0 radical (unpaired) electrons. The van der Waals surface area contributed by atoms with Gasteiger partial charge in [-0.25, -0.2) is 0 Å². The van der Waals surface area contributed by atoms with Crippen LogP contribution < -0.4 is 16.0 Å². The van der Waals surface area contributed by atoms with Crippen molar-refractivity contribution < 1.29 is 14.5 Å². The van der Waals surface area contributed by atoms with Gasteiger partial charge in [-0.1, -0.05) is 28.1 Å². The van der Waals surface area contributed by atoms with Crippen molar-refractivity contribution in [3.63, 3.8) is 0 Å². The number of nitrogens with two attached hydrogens (primary N) is 1. The molecule has 120 valence electrons. The number of carbonyl (C=O) groups excluding carboxylic acids is 2. The van der Waals surface area contributed by atoms with Gasteiger partial charge in [0.05, 0.1) is 19.1 Å². The summed E-state index contributed by atoms with van der Waals surface area (Å²) in [7, 11) is 0. The van der Waals surface area contributed by atoms with E-state index in [1.165, 1.54) is 4.90 Å². The Kier molecular flexibility index (Phi) is 5.97. The fraction of sp³-hybridized carbons (Fsp3) is 0.500. The van der Waals surface area contributed by atoms with E-state index in [-0.39, 0.29) is 23.8 Å². The monoisotopic (exact) mass is 368 g/mol. The number of benzene rings is 1. The Balaban J connectivity index is 1.78. The quantitative estimate of drug-likeness (QED) is 0.703. The number of hydrogen-bond donors (Lipinski definition) is 3. The number of piperidine rings is 1. The molecule has 0 saturated carbocycles. The van der Waals surface area contributed by atoms with Crippen LogP contribution in [0.15, 0.2) is 28.7 Å². The maximum Gasteiger partial charge on any atom is 0.275 e. The van der Waals surface area contributed by atoms with Gasteiger partial charge in [-0.15, -0.1) is 0 Å². The van der Waals surface area contributed by atoms with E-state index in [9.17, 15) is 9.59 Å². The van der Waals surface area contributed by atoms with Crippen molar-refractivity contribution in [3.05, 3.63) is 34.3 Å². The molecular weight excluding hydrogens is 346 g/mol. The topological polar surface area (TPSA) is 76.6 Å². The van der Waals surface area contributed by atoms with Crippen molar-refractivity contribution in [1.82, 2.24) is 5.32 Å². The van der Waals surface area contributed by atoms with E-state index in [0.717, 1.165) is 36.0 Å². The zero-order chi connectivity index (χ0) is 16.1. The van der Waals surface area contributed by atoms with Crippen molar-refractivity contribution in [2.24, 2.45) is 11.7 Å². The molecule has 1 atom stereocenters. The van der Waals surface area contributed by atoms with Crippen LogP contribution in [0.4, 0.5) is 0 Å². The van der Waals surface area contributed by atoms with E-state index in [2.05, 4.69) is 21.2 Å². The van der Waals surface area contributed by atoms with Crippen LogP contribution in [-0.2, 0) is 9.59 Å². The van der Waals surface area contributed by atoms with Crippen LogP contribution >= 0.6 is 15.9 Å². The van der Waals surface area contributed by atoms with Crippen LogP contribution in [0.3, 0.4) is 0 Å². The highest BCUT2D eigenvalue weighted by molar-refractivity contribution is 9.10. The molecule has 5 nitrogen and oxygen atoms in total. The van der Waals surface area contributed by atoms with Crippen LogP contribution in [0.5, 0.6) is 0 Å². The summed E-state index contributed by atoms with van der Waals surface area (Å²) in [5.41, 5.74) is 6.41. The normalized spacial score (nSPS) is 22.8. The lowest BCUT2D eigenvalue weighted by atomic mass is 9.96. The number of quaternary nitrogens is 1. The van der Waals surface area contributed by atoms with Crippen molar-refractivity contribution in [3.8, 4) is 0 Å². The van der Waals surface area contributed by atoms with Crippen LogP contribution in [0.1, 0.15) is 31.4 Å². The van der Waals surface area contributed by atoms with E-state index in [1.54, 1.807) is 0 Å². The molecule has 1 aromatic rings. The van der Waals surface area contributed by atoms with Gasteiger partial charge in [0, 0.05) is 23.2 Å². The van der Waals surface area contributed by atoms with Crippen molar-refractivity contribution >= 4 is 27.7 Å². The molecule has 22 heavy (non-hydrogen) atoms. The van der Waals surface area contributed by atoms with Gasteiger partial charge in [-0.2, -0.15) is 0 Å². The first-order chi connectivity index (χ1) is 10.5. The average molecular weight is 369 g/mol. The Labute approximate surface area is 139 Å². The molecule has 1 fully saturated rings. The van der Waals surface area contributed by atoms with Gasteiger partial charge in [0.1, 0.15) is 0 Å². The minimum atomic E-state index is -0.215. The number of amides is 2. The molecule has 6 heteroatoms. The summed E-state index contributed by atoms with van der Waals surface area (Å²) in [6.45, 7) is 4.09. The van der Waals surface area contributed by atoms with Crippen LogP contribution in [0.25, 0.3) is 0 Å². The lowest BCUT2D eigenvalue weighted by molar-refractivity contribution is -0.897. The van der Waals surface area contributed by atoms with Gasteiger partial charge in [0.15, 0.2) is 6.54 Å². The molecule has 1 aliphatic heterocycles. The molecule has 1 aromatic carbocycles. The standard InChI is InChI=1S/C16H22BrN3O2/c1-11(12-2-4-14(17)5-3-12)19-15(21)10-20-8-6-13(7-9-20)16(18)22/h2-5,11,13H,6-10H2,1H3,(H2,18,22)(H,19,21)/p+1/t11-/m1/s1. The van der Waals surface area contributed by atoms with Gasteiger partial charge in [0.25, 0.3) is 5.91 Å². The summed E-state index contributed by atoms with van der Waals surface area (Å²) < 4.78 is 1.02. The Morgan fingerprint density at radius 3 is 2.45 bits per heavy atom. The Morgan fingerprint density at radius 2 is 1.91 bits per heavy atom. The number of carbonyl (C=O) groups is 2. The summed E-state index contributed by atoms with van der Waals surface area (Å²) in [4.78, 5) is 24.5. The van der Waals surface area contributed by atoms with E-state index < -0.39 is 0 Å². The second-order valence-electron chi connectivity index (χ2n) is 5.94. The first kappa shape index (κ1) is 17.0. The predicted octanol–water partition coefficient (Wildman–Crippen LogP) is 0.407. The van der Waals surface area contributed by atoms with Crippen LogP contribution in [0.2, 0.25) is 0 Å². The summed E-state index contributed by atoms with van der Waals surface area (Å²) in [5.74, 6) is -0.191. The minimum Gasteiger partial charge on any atom is -0.369 e. The summed E-state index contributed by atoms with van der Waals surface area (Å²) in [6, 6.07) is 7.93. The molecule has 2 rings (SSSR count). The first-order valence-electron chi connectivity index (χ1n) is 7.63. The average Bonchev–Trinajstić information content (AvgIpc) is 2.48. The van der Waals surface area contributed by atoms with Crippen molar-refractivity contribution in [1.29, 1.82) is 0 Å². The maximum atomic E-state index is 12.1. The van der Waals surface area contributed by atoms with Crippen molar-refractivity contribution in [2.75, 3.05) is 19.6 Å². The lowest BCUT2D eigenvalue weighted by Crippen LogP contribution is -3.14. The van der Waals surface area contributed by atoms with E-state index in [1.807, 2.05) is 31.2 Å². The molecule has 0 unspecified atom stereocenters. The highest BCUT2D eigenvalue weighted by atomic mass is 79.9. The fourth-order valence-electron chi connectivity index (χ4n) is 2.84. The highest BCUT2D eigenvalue weighted by Gasteiger charge is 2.27. The predicted molar refractivity (Wildman–Crippen MR) is 88.2 cm³/mol. The van der Waals surface area contributed by atoms with E-state index in [4.69, 9.17) is 5.73 Å². The van der Waals surface area contributed by atoms with Gasteiger partial charge in [0.2, 0.25) is 5.91 Å². The molecule has 4 N–H and O–H groups in total. The van der Waals surface area contributed by atoms with Crippen molar-refractivity contribution in [2.45, 2.75) is 25.8 Å². The van der Waals surface area contributed by atoms with Gasteiger partial charge in [-0.05, 0) is 24.6 Å². The number of primary amides is 1. The lowest BCUT2D eigenvalue weighted by Gasteiger charge is -2.27. The molecular formula is C16H23BrN3O2+. The second-order valence-corrected chi connectivity index (χ2v) is 6.86. The Hall–Kier alpha value is -1.40. The van der Waals surface area contributed by atoms with E-state index >= 15 is 0 Å². The maximum absolute atomic E-state index is 12.1. The summed E-state index contributed by atoms with van der Waals surface area (Å²) in [6.07, 6.45) is 1.56. The summed E-state index contributed by atoms with van der Waals surface area (Å²) >= 11 is 3.40. The Bertz CT molecular complexity index is 525. The number of rotatable bonds is 5. The molecule has 0 aromatic heterocycles. The molecule has 0 bridgehead atoms. The van der Waals surface area contributed by atoms with Gasteiger partial charge in [-0.3, -0.25) is 9.59 Å². The van der Waals surface area contributed by atoms with Gasteiger partial charge < -0.3 is 16.0 Å².